The van der Waals surface area contributed by atoms with Crippen LogP contribution in [0.3, 0.4) is 0 Å². The van der Waals surface area contributed by atoms with E-state index >= 15 is 0 Å². The van der Waals surface area contributed by atoms with Crippen LogP contribution in [0.2, 0.25) is 0 Å². The molecule has 0 unspecified atom stereocenters. The van der Waals surface area contributed by atoms with Gasteiger partial charge in [0, 0.05) is 5.56 Å². The maximum absolute atomic E-state index is 12.7. The van der Waals surface area contributed by atoms with Gasteiger partial charge < -0.3 is 4.55 Å². The summed E-state index contributed by atoms with van der Waals surface area (Å²) in [7, 11) is 0. The lowest BCUT2D eigenvalue weighted by molar-refractivity contribution is 0.561. The second-order valence-corrected chi connectivity index (χ2v) is 6.45. The molecule has 88 valence electrons. The minimum atomic E-state index is -1.28. The molecule has 1 rings (SSSR count). The minimum absolute atomic E-state index is 0.284. The molecule has 0 aliphatic heterocycles. The smallest absolute Gasteiger partial charge is 0.144 e. The third-order valence-corrected chi connectivity index (χ3v) is 3.49. The van der Waals surface area contributed by atoms with Crippen LogP contribution in [0, 0.1) is 5.82 Å². The van der Waals surface area contributed by atoms with E-state index in [0.717, 1.165) is 5.56 Å². The van der Waals surface area contributed by atoms with Gasteiger partial charge in [-0.3, -0.25) is 0 Å². The largest absolute Gasteiger partial charge is 0.591 e. The van der Waals surface area contributed by atoms with Crippen LogP contribution in [0.5, 0.6) is 0 Å². The fourth-order valence-electron chi connectivity index (χ4n) is 1.01. The summed E-state index contributed by atoms with van der Waals surface area (Å²) in [5, 5.41) is 0. The van der Waals surface area contributed by atoms with Crippen LogP contribution >= 0.6 is 0 Å². The van der Waals surface area contributed by atoms with Crippen molar-refractivity contribution in [3.63, 3.8) is 0 Å². The molecule has 4 heteroatoms. The normalized spacial score (nSPS) is 15.0. The van der Waals surface area contributed by atoms with Gasteiger partial charge in [-0.05, 0) is 39.8 Å². The van der Waals surface area contributed by atoms with Crippen LogP contribution in [0.1, 0.15) is 33.3 Å². The van der Waals surface area contributed by atoms with E-state index in [4.69, 9.17) is 0 Å². The number of hydrogen-bond acceptors (Lipinski definition) is 2. The highest BCUT2D eigenvalue weighted by atomic mass is 32.2. The Kier molecular flexibility index (Phi) is 4.10. The van der Waals surface area contributed by atoms with Gasteiger partial charge in [0.15, 0.2) is 0 Å². The van der Waals surface area contributed by atoms with Crippen molar-refractivity contribution >= 4 is 17.1 Å². The topological polar surface area (TPSA) is 35.4 Å². The Morgan fingerprint density at radius 1 is 1.25 bits per heavy atom. The first kappa shape index (κ1) is 13.2. The highest BCUT2D eigenvalue weighted by Gasteiger charge is 2.26. The summed E-state index contributed by atoms with van der Waals surface area (Å²) in [5.41, 5.74) is 1.45. The first-order valence-corrected chi connectivity index (χ1v) is 6.14. The van der Waals surface area contributed by atoms with Crippen molar-refractivity contribution in [3.8, 4) is 0 Å². The fourth-order valence-corrected chi connectivity index (χ4v) is 1.63. The molecule has 16 heavy (non-hydrogen) atoms. The first-order valence-electron chi connectivity index (χ1n) is 5.04. The number of benzene rings is 1. The summed E-state index contributed by atoms with van der Waals surface area (Å²) in [4.78, 5) is 0. The average molecular weight is 241 g/mol. The molecular weight excluding hydrogens is 225 g/mol. The third kappa shape index (κ3) is 3.61. The molecule has 0 heterocycles. The predicted molar refractivity (Wildman–Crippen MR) is 66.5 cm³/mol. The minimum Gasteiger partial charge on any atom is -0.591 e. The maximum atomic E-state index is 12.7. The van der Waals surface area contributed by atoms with Crippen molar-refractivity contribution in [2.45, 2.75) is 32.4 Å². The number of hydrogen-bond donors (Lipinski definition) is 0. The molecule has 0 fully saturated rings. The van der Waals surface area contributed by atoms with Gasteiger partial charge in [0.05, 0.1) is 5.71 Å². The predicted octanol–water partition coefficient (Wildman–Crippen LogP) is 3.10. The van der Waals surface area contributed by atoms with Crippen molar-refractivity contribution in [1.29, 1.82) is 0 Å². The summed E-state index contributed by atoms with van der Waals surface area (Å²) in [5.74, 6) is -0.284. The monoisotopic (exact) mass is 241 g/mol. The fraction of sp³-hybridized carbons (Fsp3) is 0.417. The SMILES string of the molecule is C/C(=N/[S@+]([O-])C(C)(C)C)c1ccc(F)cc1. The van der Waals surface area contributed by atoms with E-state index in [0.29, 0.717) is 5.71 Å². The molecule has 0 radical (unpaired) electrons. The van der Waals surface area contributed by atoms with E-state index in [2.05, 4.69) is 4.40 Å². The molecule has 1 atom stereocenters. The second kappa shape index (κ2) is 4.97. The van der Waals surface area contributed by atoms with Gasteiger partial charge in [-0.15, -0.1) is 0 Å². The Balaban J connectivity index is 2.89. The van der Waals surface area contributed by atoms with E-state index in [1.807, 2.05) is 20.8 Å². The third-order valence-electron chi connectivity index (χ3n) is 2.01. The van der Waals surface area contributed by atoms with Gasteiger partial charge >= 0.3 is 0 Å². The van der Waals surface area contributed by atoms with Crippen molar-refractivity contribution in [2.75, 3.05) is 0 Å². The highest BCUT2D eigenvalue weighted by molar-refractivity contribution is 7.91. The molecule has 0 bridgehead atoms. The van der Waals surface area contributed by atoms with Crippen molar-refractivity contribution in [1.82, 2.24) is 0 Å². The molecule has 1 aromatic carbocycles. The average Bonchev–Trinajstić information content (AvgIpc) is 2.17. The lowest BCUT2D eigenvalue weighted by Crippen LogP contribution is -2.26. The zero-order valence-electron chi connectivity index (χ0n) is 9.95. The van der Waals surface area contributed by atoms with E-state index in [-0.39, 0.29) is 10.6 Å². The van der Waals surface area contributed by atoms with E-state index in [1.54, 1.807) is 19.1 Å². The van der Waals surface area contributed by atoms with Crippen LogP contribution in [0.15, 0.2) is 28.7 Å². The van der Waals surface area contributed by atoms with Crippen LogP contribution in [0.25, 0.3) is 0 Å². The Morgan fingerprint density at radius 3 is 2.19 bits per heavy atom. The van der Waals surface area contributed by atoms with Gasteiger partial charge in [0.25, 0.3) is 0 Å². The van der Waals surface area contributed by atoms with Gasteiger partial charge in [-0.1, -0.05) is 16.5 Å². The molecule has 0 saturated carbocycles. The number of halogens is 1. The lowest BCUT2D eigenvalue weighted by Gasteiger charge is -2.18. The maximum Gasteiger partial charge on any atom is 0.144 e. The molecule has 0 N–H and O–H groups in total. The molecule has 0 aromatic heterocycles. The zero-order chi connectivity index (χ0) is 12.3. The van der Waals surface area contributed by atoms with Crippen molar-refractivity contribution in [3.05, 3.63) is 35.6 Å². The van der Waals surface area contributed by atoms with E-state index in [1.165, 1.54) is 12.1 Å². The molecule has 0 aliphatic rings. The summed E-state index contributed by atoms with van der Waals surface area (Å²) in [6.07, 6.45) is 0. The zero-order valence-corrected chi connectivity index (χ0v) is 10.8. The van der Waals surface area contributed by atoms with Gasteiger partial charge in [0.1, 0.15) is 21.9 Å². The van der Waals surface area contributed by atoms with Crippen molar-refractivity contribution < 1.29 is 8.94 Å². The molecule has 0 aliphatic carbocycles. The highest BCUT2D eigenvalue weighted by Crippen LogP contribution is 2.18. The Bertz CT molecular complexity index is 381. The van der Waals surface area contributed by atoms with Crippen LogP contribution < -0.4 is 0 Å². The van der Waals surface area contributed by atoms with Gasteiger partial charge in [-0.2, -0.15) is 0 Å². The van der Waals surface area contributed by atoms with Crippen LogP contribution in [0.4, 0.5) is 4.39 Å². The molecule has 0 saturated heterocycles. The summed E-state index contributed by atoms with van der Waals surface area (Å²) in [6.45, 7) is 7.37. The van der Waals surface area contributed by atoms with E-state index in [9.17, 15) is 8.94 Å². The molecule has 0 spiro atoms. The Labute approximate surface area is 98.9 Å². The molecule has 1 aromatic rings. The molecule has 0 amide bonds. The molecular formula is C12H16FNOS. The van der Waals surface area contributed by atoms with E-state index < -0.39 is 11.4 Å². The van der Waals surface area contributed by atoms with Crippen LogP contribution in [-0.2, 0) is 11.4 Å². The quantitative estimate of drug-likeness (QED) is 0.579. The summed E-state index contributed by atoms with van der Waals surface area (Å²) < 4.78 is 28.2. The Morgan fingerprint density at radius 2 is 1.75 bits per heavy atom. The summed E-state index contributed by atoms with van der Waals surface area (Å²) in [6, 6.07) is 6.00. The van der Waals surface area contributed by atoms with Crippen molar-refractivity contribution in [2.24, 2.45) is 4.40 Å². The first-order chi connectivity index (χ1) is 7.30. The number of rotatable bonds is 2. The van der Waals surface area contributed by atoms with Crippen LogP contribution in [-0.4, -0.2) is 15.0 Å². The number of nitrogens with zero attached hydrogens (tertiary/aromatic N) is 1. The molecule has 2 nitrogen and oxygen atoms in total. The lowest BCUT2D eigenvalue weighted by atomic mass is 10.1. The van der Waals surface area contributed by atoms with Gasteiger partial charge in [-0.25, -0.2) is 4.39 Å². The Hall–Kier alpha value is -0.870. The van der Waals surface area contributed by atoms with Gasteiger partial charge in [0.2, 0.25) is 0 Å². The summed E-state index contributed by atoms with van der Waals surface area (Å²) >= 11 is -1.28. The second-order valence-electron chi connectivity index (χ2n) is 4.55. The standard InChI is InChI=1S/C12H16FNOS/c1-9(14-16(15)12(2,3)4)10-5-7-11(13)8-6-10/h5-8H,1-4H3/b14-9-/t16-/m1/s1.